The Balaban J connectivity index is 0.000000204. The Kier molecular flexibility index (Phi) is 11.8. The second-order valence-electron chi connectivity index (χ2n) is 13.2. The maximum absolute atomic E-state index is 10.0. The van der Waals surface area contributed by atoms with Crippen LogP contribution < -0.4 is 12.4 Å². The van der Waals surface area contributed by atoms with Gasteiger partial charge in [-0.15, -0.1) is 17.8 Å². The fourth-order valence-electron chi connectivity index (χ4n) is 5.72. The SMILES string of the molecule is CC(C)(C)c1cccc2c1C(c1ccccc1O)[N-]2.CC(C)(C)c1cccc2c1C(c1ccccc1O)[N-]2.[C-]1=CC=CC1.[Cl-].[Ti+4]. The third-order valence-electron chi connectivity index (χ3n) is 7.91. The summed E-state index contributed by atoms with van der Waals surface area (Å²) in [6.45, 7) is 13.3. The number of halogens is 1. The molecule has 0 saturated carbocycles. The molecule has 2 unspecified atom stereocenters. The molecule has 0 radical (unpaired) electrons. The van der Waals surface area contributed by atoms with Crippen molar-refractivity contribution in [2.75, 3.05) is 0 Å². The van der Waals surface area contributed by atoms with E-state index in [9.17, 15) is 10.2 Å². The second kappa shape index (κ2) is 14.8. The fourth-order valence-corrected chi connectivity index (χ4v) is 5.72. The standard InChI is InChI=1S/2C17H18NO.C5H5.ClH.Ti/c2*1-17(2,3)12-8-6-9-13-15(12)16(18-13)11-7-4-5-10-14(11)19;1-2-4-5-3-1;;/h2*4-10,16,19H,1-3H3;1-3H,4H2;1H;/q3*-1;;+4/p-1. The Morgan fingerprint density at radius 1 is 0.622 bits per heavy atom. The van der Waals surface area contributed by atoms with Gasteiger partial charge in [0.1, 0.15) is 11.5 Å². The average molecular weight is 653 g/mol. The number of phenols is 2. The summed E-state index contributed by atoms with van der Waals surface area (Å²) in [5, 5.41) is 29.3. The molecule has 0 spiro atoms. The van der Waals surface area contributed by atoms with E-state index in [1.807, 2.05) is 60.7 Å². The minimum absolute atomic E-state index is 0. The Bertz CT molecular complexity index is 1540. The van der Waals surface area contributed by atoms with E-state index in [0.717, 1.165) is 28.9 Å². The largest absolute Gasteiger partial charge is 4.00 e. The van der Waals surface area contributed by atoms with E-state index in [1.165, 1.54) is 22.3 Å². The molecule has 2 aliphatic heterocycles. The molecule has 45 heavy (non-hydrogen) atoms. The summed E-state index contributed by atoms with van der Waals surface area (Å²) in [4.78, 5) is 0. The van der Waals surface area contributed by atoms with Gasteiger partial charge in [-0.25, -0.2) is 12.2 Å². The first-order valence-electron chi connectivity index (χ1n) is 14.9. The van der Waals surface area contributed by atoms with Crippen LogP contribution in [0.15, 0.2) is 103 Å². The van der Waals surface area contributed by atoms with E-state index in [1.54, 1.807) is 12.1 Å². The van der Waals surface area contributed by atoms with Gasteiger partial charge in [-0.2, -0.15) is 6.08 Å². The molecule has 3 aliphatic rings. The Hall–Kier alpha value is -3.44. The van der Waals surface area contributed by atoms with Gasteiger partial charge in [-0.05, 0) is 45.2 Å². The average Bonchev–Trinajstić information content (AvgIpc) is 3.52. The van der Waals surface area contributed by atoms with E-state index >= 15 is 0 Å². The summed E-state index contributed by atoms with van der Waals surface area (Å²) in [6.07, 6.45) is 10.0. The molecule has 2 N–H and O–H groups in total. The summed E-state index contributed by atoms with van der Waals surface area (Å²) in [7, 11) is 0. The molecule has 0 bridgehead atoms. The van der Waals surface area contributed by atoms with Crippen molar-refractivity contribution < 1.29 is 44.3 Å². The van der Waals surface area contributed by atoms with Crippen molar-refractivity contribution >= 4 is 11.4 Å². The quantitative estimate of drug-likeness (QED) is 0.171. The Morgan fingerprint density at radius 2 is 1.04 bits per heavy atom. The minimum Gasteiger partial charge on any atom is -1.00 e. The van der Waals surface area contributed by atoms with Crippen LogP contribution in [0.3, 0.4) is 0 Å². The molecular weight excluding hydrogens is 612 g/mol. The van der Waals surface area contributed by atoms with Crippen LogP contribution in [0.25, 0.3) is 10.6 Å². The molecule has 4 nitrogen and oxygen atoms in total. The zero-order valence-electron chi connectivity index (χ0n) is 26.8. The number of hydrogen-bond acceptors (Lipinski definition) is 2. The summed E-state index contributed by atoms with van der Waals surface area (Å²) in [6, 6.07) is 27.4. The molecule has 230 valence electrons. The van der Waals surface area contributed by atoms with Gasteiger partial charge in [0.15, 0.2) is 0 Å². The molecular formula is C39H41ClN2O2Ti. The van der Waals surface area contributed by atoms with Crippen LogP contribution in [0, 0.1) is 6.08 Å². The number of hydrogen-bond donors (Lipinski definition) is 2. The minimum atomic E-state index is -0.0216. The van der Waals surface area contributed by atoms with Gasteiger partial charge in [0, 0.05) is 0 Å². The number of nitrogens with zero attached hydrogens (tertiary/aromatic N) is 2. The summed E-state index contributed by atoms with van der Waals surface area (Å²) in [5.41, 5.74) is 9.22. The number of allylic oxidation sites excluding steroid dienone is 4. The molecule has 4 aromatic carbocycles. The maximum Gasteiger partial charge on any atom is 4.00 e. The molecule has 4 aromatic rings. The van der Waals surface area contributed by atoms with Gasteiger partial charge in [-0.3, -0.25) is 6.08 Å². The first-order chi connectivity index (χ1) is 20.5. The summed E-state index contributed by atoms with van der Waals surface area (Å²) >= 11 is 0. The monoisotopic (exact) mass is 652 g/mol. The predicted octanol–water partition coefficient (Wildman–Crippen LogP) is 7.90. The Morgan fingerprint density at radius 3 is 1.36 bits per heavy atom. The first-order valence-corrected chi connectivity index (χ1v) is 14.9. The molecule has 2 heterocycles. The van der Waals surface area contributed by atoms with Gasteiger partial charge in [-0.1, -0.05) is 138 Å². The second-order valence-corrected chi connectivity index (χ2v) is 13.2. The number of benzene rings is 4. The van der Waals surface area contributed by atoms with E-state index in [2.05, 4.69) is 88.6 Å². The molecule has 6 heteroatoms. The van der Waals surface area contributed by atoms with Crippen LogP contribution in [-0.2, 0) is 32.5 Å². The molecule has 0 fully saturated rings. The van der Waals surface area contributed by atoms with E-state index < -0.39 is 0 Å². The van der Waals surface area contributed by atoms with Crippen molar-refractivity contribution in [1.82, 2.24) is 0 Å². The number of aromatic hydroxyl groups is 2. The molecule has 0 aromatic heterocycles. The number of rotatable bonds is 2. The summed E-state index contributed by atoms with van der Waals surface area (Å²) in [5.74, 6) is 0.649. The molecule has 0 saturated heterocycles. The van der Waals surface area contributed by atoms with Crippen molar-refractivity contribution in [3.8, 4) is 11.5 Å². The van der Waals surface area contributed by atoms with Crippen molar-refractivity contribution in [2.45, 2.75) is 70.9 Å². The third-order valence-corrected chi connectivity index (χ3v) is 7.91. The molecule has 7 rings (SSSR count). The van der Waals surface area contributed by atoms with E-state index in [-0.39, 0.29) is 57.0 Å². The van der Waals surface area contributed by atoms with Crippen LogP contribution in [0.1, 0.15) is 93.4 Å². The first kappa shape index (κ1) is 36.0. The van der Waals surface area contributed by atoms with Gasteiger partial charge in [0.25, 0.3) is 0 Å². The summed E-state index contributed by atoms with van der Waals surface area (Å²) < 4.78 is 0. The normalized spacial score (nSPS) is 16.6. The van der Waals surface area contributed by atoms with Crippen LogP contribution in [-0.4, -0.2) is 10.2 Å². The maximum atomic E-state index is 10.0. The van der Waals surface area contributed by atoms with Crippen LogP contribution in [0.2, 0.25) is 0 Å². The van der Waals surface area contributed by atoms with Crippen molar-refractivity contribution in [3.63, 3.8) is 0 Å². The Labute approximate surface area is 290 Å². The van der Waals surface area contributed by atoms with E-state index in [4.69, 9.17) is 0 Å². The molecule has 0 amide bonds. The topological polar surface area (TPSA) is 68.7 Å². The fraction of sp³-hybridized carbons (Fsp3) is 0.282. The van der Waals surface area contributed by atoms with Crippen molar-refractivity contribution in [3.05, 3.63) is 153 Å². The zero-order chi connectivity index (χ0) is 30.8. The zero-order valence-corrected chi connectivity index (χ0v) is 29.2. The van der Waals surface area contributed by atoms with Crippen molar-refractivity contribution in [1.29, 1.82) is 0 Å². The predicted molar refractivity (Wildman–Crippen MR) is 178 cm³/mol. The number of para-hydroxylation sites is 2. The van der Waals surface area contributed by atoms with Crippen molar-refractivity contribution in [2.24, 2.45) is 0 Å². The van der Waals surface area contributed by atoms with Crippen LogP contribution in [0.4, 0.5) is 11.4 Å². The van der Waals surface area contributed by atoms with E-state index in [0.29, 0.717) is 11.5 Å². The van der Waals surface area contributed by atoms with Gasteiger partial charge < -0.3 is 33.3 Å². The number of fused-ring (bicyclic) bond motifs is 2. The van der Waals surface area contributed by atoms with Gasteiger partial charge in [0.2, 0.25) is 0 Å². The van der Waals surface area contributed by atoms with Crippen LogP contribution in [0.5, 0.6) is 11.5 Å². The molecule has 2 atom stereocenters. The van der Waals surface area contributed by atoms with Crippen LogP contribution >= 0.6 is 0 Å². The number of phenolic OH excluding ortho intramolecular Hbond substituents is 2. The molecule has 1 aliphatic carbocycles. The smallest absolute Gasteiger partial charge is 1.00 e. The van der Waals surface area contributed by atoms with Gasteiger partial charge >= 0.3 is 21.7 Å². The van der Waals surface area contributed by atoms with Gasteiger partial charge in [0.05, 0.1) is 0 Å². The third kappa shape index (κ3) is 7.87.